The highest BCUT2D eigenvalue weighted by molar-refractivity contribution is 5.70. The van der Waals surface area contributed by atoms with Crippen molar-refractivity contribution >= 4 is 5.82 Å². The van der Waals surface area contributed by atoms with Gasteiger partial charge >= 0.3 is 0 Å². The monoisotopic (exact) mass is 226 g/mol. The van der Waals surface area contributed by atoms with Crippen molar-refractivity contribution in [1.82, 2.24) is 15.2 Å². The number of nitrogens with two attached hydrogens (primary N) is 1. The molecule has 0 saturated carbocycles. The summed E-state index contributed by atoms with van der Waals surface area (Å²) >= 11 is 0. The Morgan fingerprint density at radius 2 is 1.88 bits per heavy atom. The molecule has 1 aromatic carbocycles. The number of hydrogen-bond donors (Lipinski definition) is 1. The Bertz CT molecular complexity index is 551. The minimum Gasteiger partial charge on any atom is -0.382 e. The minimum atomic E-state index is 0.441. The molecule has 0 bridgehead atoms. The number of nitrogens with zero attached hydrogens (tertiary/aromatic N) is 3. The summed E-state index contributed by atoms with van der Waals surface area (Å²) in [5.74, 6) is 0.441. The Labute approximate surface area is 99.9 Å². The lowest BCUT2D eigenvalue weighted by molar-refractivity contribution is 0.686. The molecule has 0 atom stereocenters. The summed E-state index contributed by atoms with van der Waals surface area (Å²) in [5, 5.41) is 7.85. The van der Waals surface area contributed by atoms with Crippen LogP contribution in [-0.4, -0.2) is 15.2 Å². The second-order valence-electron chi connectivity index (χ2n) is 4.38. The molecule has 1 aliphatic rings. The summed E-state index contributed by atoms with van der Waals surface area (Å²) in [5.41, 5.74) is 10.4. The molecule has 0 saturated heterocycles. The molecular formula is C13H14N4. The van der Waals surface area contributed by atoms with Crippen molar-refractivity contribution in [3.8, 4) is 11.3 Å². The number of aryl methyl sites for hydroxylation is 2. The second-order valence-corrected chi connectivity index (χ2v) is 4.38. The van der Waals surface area contributed by atoms with Crippen molar-refractivity contribution in [2.75, 3.05) is 5.73 Å². The molecule has 1 aromatic heterocycles. The van der Waals surface area contributed by atoms with Gasteiger partial charge in [-0.2, -0.15) is 0 Å². The fraction of sp³-hybridized carbons (Fsp3) is 0.308. The summed E-state index contributed by atoms with van der Waals surface area (Å²) in [7, 11) is 0. The quantitative estimate of drug-likeness (QED) is 0.807. The van der Waals surface area contributed by atoms with Gasteiger partial charge in [0, 0.05) is 5.56 Å². The van der Waals surface area contributed by atoms with Gasteiger partial charge in [0.25, 0.3) is 0 Å². The highest BCUT2D eigenvalue weighted by atomic mass is 15.1. The van der Waals surface area contributed by atoms with Crippen molar-refractivity contribution in [3.05, 3.63) is 35.7 Å². The number of aromatic nitrogens is 3. The molecule has 4 nitrogen and oxygen atoms in total. The van der Waals surface area contributed by atoms with Crippen LogP contribution in [-0.2, 0) is 12.8 Å². The van der Waals surface area contributed by atoms with E-state index < -0.39 is 0 Å². The van der Waals surface area contributed by atoms with Crippen LogP contribution in [0.15, 0.2) is 24.5 Å². The van der Waals surface area contributed by atoms with E-state index in [9.17, 15) is 0 Å². The lowest BCUT2D eigenvalue weighted by Crippen LogP contribution is -2.04. The van der Waals surface area contributed by atoms with E-state index in [0.29, 0.717) is 11.5 Å². The Kier molecular flexibility index (Phi) is 2.48. The molecule has 0 unspecified atom stereocenters. The topological polar surface area (TPSA) is 64.7 Å². The lowest BCUT2D eigenvalue weighted by Gasteiger charge is -2.16. The van der Waals surface area contributed by atoms with E-state index in [1.807, 2.05) is 0 Å². The van der Waals surface area contributed by atoms with E-state index in [1.54, 1.807) is 0 Å². The first kappa shape index (κ1) is 10.2. The predicted molar refractivity (Wildman–Crippen MR) is 66.3 cm³/mol. The summed E-state index contributed by atoms with van der Waals surface area (Å²) in [4.78, 5) is 3.97. The maximum atomic E-state index is 5.82. The van der Waals surface area contributed by atoms with Crippen molar-refractivity contribution in [2.24, 2.45) is 0 Å². The summed E-state index contributed by atoms with van der Waals surface area (Å²) in [6.45, 7) is 0. The molecule has 3 rings (SSSR count). The zero-order valence-electron chi connectivity index (χ0n) is 9.56. The molecule has 0 aliphatic heterocycles. The average Bonchev–Trinajstić information content (AvgIpc) is 2.39. The fourth-order valence-electron chi connectivity index (χ4n) is 2.37. The SMILES string of the molecule is Nc1ncnnc1-c1ccc2c(c1)CCCC2. The van der Waals surface area contributed by atoms with Crippen molar-refractivity contribution < 1.29 is 0 Å². The van der Waals surface area contributed by atoms with Crippen molar-refractivity contribution in [2.45, 2.75) is 25.7 Å². The number of hydrogen-bond acceptors (Lipinski definition) is 4. The lowest BCUT2D eigenvalue weighted by atomic mass is 9.90. The summed E-state index contributed by atoms with van der Waals surface area (Å²) < 4.78 is 0. The smallest absolute Gasteiger partial charge is 0.153 e. The Morgan fingerprint density at radius 1 is 1.06 bits per heavy atom. The van der Waals surface area contributed by atoms with E-state index in [2.05, 4.69) is 33.4 Å². The van der Waals surface area contributed by atoms with Crippen LogP contribution in [0.2, 0.25) is 0 Å². The van der Waals surface area contributed by atoms with Crippen molar-refractivity contribution in [3.63, 3.8) is 0 Å². The van der Waals surface area contributed by atoms with E-state index in [4.69, 9.17) is 5.73 Å². The zero-order valence-corrected chi connectivity index (χ0v) is 9.56. The van der Waals surface area contributed by atoms with Crippen LogP contribution in [0.4, 0.5) is 5.82 Å². The molecular weight excluding hydrogens is 212 g/mol. The molecule has 17 heavy (non-hydrogen) atoms. The first-order chi connectivity index (χ1) is 8.34. The summed E-state index contributed by atoms with van der Waals surface area (Å²) in [6, 6.07) is 6.42. The van der Waals surface area contributed by atoms with Crippen LogP contribution in [0.3, 0.4) is 0 Å². The molecule has 1 aliphatic carbocycles. The van der Waals surface area contributed by atoms with E-state index in [0.717, 1.165) is 12.0 Å². The van der Waals surface area contributed by atoms with E-state index in [1.165, 1.54) is 36.7 Å². The molecule has 4 heteroatoms. The third kappa shape index (κ3) is 1.86. The molecule has 86 valence electrons. The van der Waals surface area contributed by atoms with Crippen LogP contribution >= 0.6 is 0 Å². The third-order valence-corrected chi connectivity index (χ3v) is 3.27. The number of rotatable bonds is 1. The first-order valence-electron chi connectivity index (χ1n) is 5.90. The number of benzene rings is 1. The molecule has 2 N–H and O–H groups in total. The Morgan fingerprint density at radius 3 is 2.71 bits per heavy atom. The van der Waals surface area contributed by atoms with E-state index >= 15 is 0 Å². The summed E-state index contributed by atoms with van der Waals surface area (Å²) in [6.07, 6.45) is 6.27. The van der Waals surface area contributed by atoms with Crippen LogP contribution in [0.5, 0.6) is 0 Å². The number of fused-ring (bicyclic) bond motifs is 1. The maximum Gasteiger partial charge on any atom is 0.153 e. The van der Waals surface area contributed by atoms with Crippen molar-refractivity contribution in [1.29, 1.82) is 0 Å². The van der Waals surface area contributed by atoms with Crippen LogP contribution in [0, 0.1) is 0 Å². The van der Waals surface area contributed by atoms with Gasteiger partial charge in [-0.3, -0.25) is 0 Å². The third-order valence-electron chi connectivity index (χ3n) is 3.27. The molecule has 0 spiro atoms. The van der Waals surface area contributed by atoms with E-state index in [-0.39, 0.29) is 0 Å². The average molecular weight is 226 g/mol. The van der Waals surface area contributed by atoms with Crippen LogP contribution < -0.4 is 5.73 Å². The highest BCUT2D eigenvalue weighted by Gasteiger charge is 2.12. The molecule has 0 amide bonds. The Hall–Kier alpha value is -1.97. The Balaban J connectivity index is 2.07. The van der Waals surface area contributed by atoms with Crippen LogP contribution in [0.1, 0.15) is 24.0 Å². The first-order valence-corrected chi connectivity index (χ1v) is 5.90. The molecule has 0 radical (unpaired) electrons. The maximum absolute atomic E-state index is 5.82. The molecule has 0 fully saturated rings. The van der Waals surface area contributed by atoms with Gasteiger partial charge in [0.15, 0.2) is 5.82 Å². The molecule has 2 aromatic rings. The second kappa shape index (κ2) is 4.13. The van der Waals surface area contributed by atoms with Gasteiger partial charge in [0.05, 0.1) is 0 Å². The number of anilines is 1. The standard InChI is InChI=1S/C13H14N4/c14-13-12(17-16-8-15-13)11-6-5-9-3-1-2-4-10(9)7-11/h5-8H,1-4H2,(H2,14,15,16). The van der Waals surface area contributed by atoms with Gasteiger partial charge in [-0.05, 0) is 42.9 Å². The molecule has 1 heterocycles. The van der Waals surface area contributed by atoms with Gasteiger partial charge in [-0.25, -0.2) is 4.98 Å². The fourth-order valence-corrected chi connectivity index (χ4v) is 2.37. The highest BCUT2D eigenvalue weighted by Crippen LogP contribution is 2.27. The number of nitrogen functional groups attached to an aromatic ring is 1. The predicted octanol–water partition coefficient (Wildman–Crippen LogP) is 2.00. The van der Waals surface area contributed by atoms with Gasteiger partial charge in [0.1, 0.15) is 12.0 Å². The zero-order chi connectivity index (χ0) is 11.7. The van der Waals surface area contributed by atoms with Gasteiger partial charge in [-0.1, -0.05) is 12.1 Å². The normalized spacial score (nSPS) is 14.4. The van der Waals surface area contributed by atoms with Crippen LogP contribution in [0.25, 0.3) is 11.3 Å². The largest absolute Gasteiger partial charge is 0.382 e. The van der Waals surface area contributed by atoms with Gasteiger partial charge in [-0.15, -0.1) is 10.2 Å². The van der Waals surface area contributed by atoms with Gasteiger partial charge in [0.2, 0.25) is 0 Å². The van der Waals surface area contributed by atoms with Gasteiger partial charge < -0.3 is 5.73 Å². The minimum absolute atomic E-state index is 0.441.